The average molecular weight is 487 g/mol. The lowest BCUT2D eigenvalue weighted by Gasteiger charge is -2.37. The third-order valence-corrected chi connectivity index (χ3v) is 8.15. The van der Waals surface area contributed by atoms with Gasteiger partial charge in [0.15, 0.2) is 0 Å². The van der Waals surface area contributed by atoms with Gasteiger partial charge in [-0.2, -0.15) is 4.31 Å². The molecule has 0 aromatic heterocycles. The van der Waals surface area contributed by atoms with Gasteiger partial charge >= 0.3 is 0 Å². The van der Waals surface area contributed by atoms with Gasteiger partial charge in [-0.15, -0.1) is 0 Å². The molecule has 0 unspecified atom stereocenters. The van der Waals surface area contributed by atoms with Crippen molar-refractivity contribution in [3.63, 3.8) is 0 Å². The number of hydrogen-bond acceptors (Lipinski definition) is 5. The molecule has 1 aliphatic heterocycles. The van der Waals surface area contributed by atoms with Crippen molar-refractivity contribution in [2.24, 2.45) is 5.92 Å². The fraction of sp³-hybridized carbons (Fsp3) is 0.423. The molecule has 7 nitrogen and oxygen atoms in total. The maximum absolute atomic E-state index is 13.5. The Kier molecular flexibility index (Phi) is 8.52. The zero-order valence-electron chi connectivity index (χ0n) is 20.2. The Balaban J connectivity index is 1.94. The van der Waals surface area contributed by atoms with Crippen LogP contribution in [0.4, 0.5) is 0 Å². The first-order valence-corrected chi connectivity index (χ1v) is 12.9. The van der Waals surface area contributed by atoms with Crippen LogP contribution in [0.1, 0.15) is 31.9 Å². The molecule has 184 valence electrons. The highest BCUT2D eigenvalue weighted by Gasteiger charge is 2.38. The molecule has 2 aromatic carbocycles. The topological polar surface area (TPSA) is 87.2 Å². The van der Waals surface area contributed by atoms with Crippen molar-refractivity contribution in [2.75, 3.05) is 26.7 Å². The zero-order chi connectivity index (χ0) is 24.9. The molecule has 0 radical (unpaired) electrons. The van der Waals surface area contributed by atoms with Gasteiger partial charge in [0.1, 0.15) is 16.7 Å². The first-order chi connectivity index (χ1) is 16.2. The number of amides is 1. The van der Waals surface area contributed by atoms with E-state index in [1.807, 2.05) is 56.3 Å². The van der Waals surface area contributed by atoms with E-state index < -0.39 is 22.2 Å². The van der Waals surface area contributed by atoms with Crippen LogP contribution < -0.4 is 4.74 Å². The monoisotopic (exact) mass is 486 g/mol. The van der Waals surface area contributed by atoms with Crippen molar-refractivity contribution in [3.05, 3.63) is 65.7 Å². The van der Waals surface area contributed by atoms with Gasteiger partial charge < -0.3 is 14.7 Å². The molecule has 1 aliphatic rings. The van der Waals surface area contributed by atoms with Crippen molar-refractivity contribution in [3.8, 4) is 5.75 Å². The van der Waals surface area contributed by atoms with Gasteiger partial charge in [0.05, 0.1) is 19.6 Å². The predicted molar refractivity (Wildman–Crippen MR) is 133 cm³/mol. The van der Waals surface area contributed by atoms with Crippen LogP contribution in [0.15, 0.2) is 59.5 Å². The molecular formula is C26H34N2O5S. The van der Waals surface area contributed by atoms with E-state index in [9.17, 15) is 18.3 Å². The predicted octanol–water partition coefficient (Wildman–Crippen LogP) is 3.19. The van der Waals surface area contributed by atoms with E-state index in [-0.39, 0.29) is 42.0 Å². The largest absolute Gasteiger partial charge is 0.487 e. The molecule has 8 heteroatoms. The van der Waals surface area contributed by atoms with E-state index in [4.69, 9.17) is 4.74 Å². The number of aliphatic hydroxyl groups is 1. The molecule has 2 aromatic rings. The normalized spacial score (nSPS) is 21.2. The number of hydrogen-bond donors (Lipinski definition) is 1. The average Bonchev–Trinajstić information content (AvgIpc) is 2.81. The summed E-state index contributed by atoms with van der Waals surface area (Å²) in [6.45, 7) is 5.67. The number of aliphatic hydroxyl groups excluding tert-OH is 1. The second-order valence-electron chi connectivity index (χ2n) is 8.88. The van der Waals surface area contributed by atoms with E-state index in [0.29, 0.717) is 6.54 Å². The lowest BCUT2D eigenvalue weighted by molar-refractivity contribution is -0.130. The highest BCUT2D eigenvalue weighted by atomic mass is 32.2. The number of fused-ring (bicyclic) bond motifs is 1. The summed E-state index contributed by atoms with van der Waals surface area (Å²) in [5.74, 6) is -0.0133. The standard InChI is InChI=1S/C26H34N2O5S/c1-5-9-21-12-13-25-23(14-21)33-24(19(2)16-28(20(3)18-29)34(25,31)32)17-27(4)26(30)15-22-10-7-6-8-11-22/h5-14,19-20,24,29H,15-18H2,1-4H3/b9-5+/t19-,20+,24+/m0/s1. The Morgan fingerprint density at radius 1 is 1.26 bits per heavy atom. The molecule has 3 rings (SSSR count). The first-order valence-electron chi connectivity index (χ1n) is 11.5. The van der Waals surface area contributed by atoms with Crippen molar-refractivity contribution < 1.29 is 23.1 Å². The number of nitrogens with zero attached hydrogens (tertiary/aromatic N) is 2. The quantitative estimate of drug-likeness (QED) is 0.650. The Morgan fingerprint density at radius 2 is 1.97 bits per heavy atom. The summed E-state index contributed by atoms with van der Waals surface area (Å²) < 4.78 is 34.6. The van der Waals surface area contributed by atoms with Crippen molar-refractivity contribution >= 4 is 22.0 Å². The second-order valence-corrected chi connectivity index (χ2v) is 10.7. The molecule has 34 heavy (non-hydrogen) atoms. The van der Waals surface area contributed by atoms with E-state index >= 15 is 0 Å². The highest BCUT2D eigenvalue weighted by Crippen LogP contribution is 2.34. The van der Waals surface area contributed by atoms with Crippen molar-refractivity contribution in [2.45, 2.75) is 44.2 Å². The fourth-order valence-electron chi connectivity index (χ4n) is 4.03. The summed E-state index contributed by atoms with van der Waals surface area (Å²) in [5, 5.41) is 9.75. The van der Waals surface area contributed by atoms with E-state index in [1.165, 1.54) is 4.31 Å². The van der Waals surface area contributed by atoms with Gasteiger partial charge in [0, 0.05) is 25.6 Å². The summed E-state index contributed by atoms with van der Waals surface area (Å²) in [7, 11) is -2.15. The van der Waals surface area contributed by atoms with Crippen molar-refractivity contribution in [1.29, 1.82) is 0 Å². The summed E-state index contributed by atoms with van der Waals surface area (Å²) >= 11 is 0. The summed E-state index contributed by atoms with van der Waals surface area (Å²) in [4.78, 5) is 14.6. The van der Waals surface area contributed by atoms with Crippen LogP contribution in [-0.2, 0) is 21.2 Å². The van der Waals surface area contributed by atoms with E-state index in [1.54, 1.807) is 37.1 Å². The number of carbonyl (C=O) groups is 1. The third-order valence-electron chi connectivity index (χ3n) is 6.13. The minimum atomic E-state index is -3.88. The molecule has 0 bridgehead atoms. The van der Waals surface area contributed by atoms with Gasteiger partial charge in [-0.25, -0.2) is 8.42 Å². The number of carbonyl (C=O) groups excluding carboxylic acids is 1. The first kappa shape index (κ1) is 25.9. The van der Waals surface area contributed by atoms with E-state index in [2.05, 4.69) is 0 Å². The van der Waals surface area contributed by atoms with Gasteiger partial charge in [0.25, 0.3) is 0 Å². The minimum absolute atomic E-state index is 0.0415. The second kappa shape index (κ2) is 11.2. The lowest BCUT2D eigenvalue weighted by atomic mass is 10.0. The summed E-state index contributed by atoms with van der Waals surface area (Å²) in [5.41, 5.74) is 1.75. The Morgan fingerprint density at radius 3 is 2.62 bits per heavy atom. The number of rotatable bonds is 7. The fourth-order valence-corrected chi connectivity index (χ4v) is 5.86. The summed E-state index contributed by atoms with van der Waals surface area (Å²) in [6, 6.07) is 14.0. The van der Waals surface area contributed by atoms with Crippen LogP contribution >= 0.6 is 0 Å². The maximum atomic E-state index is 13.5. The lowest BCUT2D eigenvalue weighted by Crippen LogP contribution is -2.50. The van der Waals surface area contributed by atoms with Crippen LogP contribution in [-0.4, -0.2) is 67.5 Å². The van der Waals surface area contributed by atoms with Crippen LogP contribution in [0.5, 0.6) is 5.75 Å². The molecule has 1 heterocycles. The Bertz CT molecular complexity index is 1120. The van der Waals surface area contributed by atoms with E-state index in [0.717, 1.165) is 11.1 Å². The number of ether oxygens (including phenoxy) is 1. The SMILES string of the molecule is C/C=C/c1ccc2c(c1)O[C@H](CN(C)C(=O)Cc1ccccc1)[C@@H](C)CN([C@H](C)CO)S2(=O)=O. The molecule has 0 saturated heterocycles. The third kappa shape index (κ3) is 5.87. The molecule has 1 amide bonds. The maximum Gasteiger partial charge on any atom is 0.247 e. The number of sulfonamides is 1. The minimum Gasteiger partial charge on any atom is -0.487 e. The Labute approximate surface area is 202 Å². The van der Waals surface area contributed by atoms with Gasteiger partial charge in [-0.05, 0) is 37.1 Å². The van der Waals surface area contributed by atoms with Gasteiger partial charge in [-0.1, -0.05) is 55.5 Å². The van der Waals surface area contributed by atoms with Crippen LogP contribution in [0.3, 0.4) is 0 Å². The summed E-state index contributed by atoms with van der Waals surface area (Å²) in [6.07, 6.45) is 3.59. The molecule has 0 fully saturated rings. The molecule has 0 spiro atoms. The van der Waals surface area contributed by atoms with Crippen molar-refractivity contribution in [1.82, 2.24) is 9.21 Å². The molecule has 1 N–H and O–H groups in total. The highest BCUT2D eigenvalue weighted by molar-refractivity contribution is 7.89. The van der Waals surface area contributed by atoms with Crippen LogP contribution in [0.25, 0.3) is 6.08 Å². The molecule has 3 atom stereocenters. The number of likely N-dealkylation sites (N-methyl/N-ethyl adjacent to an activating group) is 1. The van der Waals surface area contributed by atoms with Crippen LogP contribution in [0, 0.1) is 5.92 Å². The number of allylic oxidation sites excluding steroid dienone is 1. The van der Waals surface area contributed by atoms with Crippen LogP contribution in [0.2, 0.25) is 0 Å². The molecule has 0 aliphatic carbocycles. The number of benzene rings is 2. The van der Waals surface area contributed by atoms with Gasteiger partial charge in [0.2, 0.25) is 15.9 Å². The molecule has 0 saturated carbocycles. The smallest absolute Gasteiger partial charge is 0.247 e. The Hall–Kier alpha value is -2.68. The zero-order valence-corrected chi connectivity index (χ0v) is 21.0. The van der Waals surface area contributed by atoms with Gasteiger partial charge in [-0.3, -0.25) is 4.79 Å². The molecular weight excluding hydrogens is 452 g/mol.